The number of nitrogens with zero attached hydrogens (tertiary/aromatic N) is 5. The molecule has 1 atom stereocenters. The van der Waals surface area contributed by atoms with E-state index in [-0.39, 0.29) is 46.4 Å². The summed E-state index contributed by atoms with van der Waals surface area (Å²) in [5.41, 5.74) is -2.13. The Balaban J connectivity index is 1.47. The Morgan fingerprint density at radius 2 is 1.84 bits per heavy atom. The van der Waals surface area contributed by atoms with Crippen LogP contribution in [0, 0.1) is 16.7 Å². The highest BCUT2D eigenvalue weighted by molar-refractivity contribution is 7.90. The monoisotopic (exact) mass is 648 g/mol. The second kappa shape index (κ2) is 11.0. The molecule has 1 N–H and O–H groups in total. The Morgan fingerprint density at radius 3 is 2.41 bits per heavy atom. The number of thiol groups is 1. The molecule has 1 saturated carbocycles. The maximum Gasteiger partial charge on any atom is 0.397 e. The summed E-state index contributed by atoms with van der Waals surface area (Å²) in [6, 6.07) is 11.3. The molecule has 1 amide bonds. The van der Waals surface area contributed by atoms with Crippen LogP contribution in [0.1, 0.15) is 62.4 Å². The van der Waals surface area contributed by atoms with Gasteiger partial charge in [0.2, 0.25) is 5.88 Å². The van der Waals surface area contributed by atoms with Gasteiger partial charge in [-0.3, -0.25) is 4.79 Å². The summed E-state index contributed by atoms with van der Waals surface area (Å²) < 4.78 is 74.5. The van der Waals surface area contributed by atoms with Gasteiger partial charge in [0, 0.05) is 29.1 Å². The molecule has 0 spiro atoms. The first-order valence-corrected chi connectivity index (χ1v) is 15.8. The Labute approximate surface area is 258 Å². The van der Waals surface area contributed by atoms with Crippen molar-refractivity contribution in [2.45, 2.75) is 67.8 Å². The smallest absolute Gasteiger partial charge is 0.397 e. The Morgan fingerprint density at radius 1 is 1.16 bits per heavy atom. The minimum absolute atomic E-state index is 0.00254. The maximum absolute atomic E-state index is 13.5. The zero-order chi connectivity index (χ0) is 32.1. The van der Waals surface area contributed by atoms with Crippen molar-refractivity contribution in [3.8, 4) is 17.8 Å². The van der Waals surface area contributed by atoms with Gasteiger partial charge in [-0.1, -0.05) is 6.92 Å². The van der Waals surface area contributed by atoms with E-state index in [9.17, 15) is 26.4 Å². The van der Waals surface area contributed by atoms with E-state index in [2.05, 4.69) is 9.82 Å². The number of carbonyl (C=O) groups is 1. The minimum atomic E-state index is -4.36. The molecule has 2 fully saturated rings. The lowest BCUT2D eigenvalue weighted by Gasteiger charge is -2.33. The lowest BCUT2D eigenvalue weighted by molar-refractivity contribution is -0.194. The van der Waals surface area contributed by atoms with Crippen molar-refractivity contribution in [3.63, 3.8) is 0 Å². The number of amides is 1. The van der Waals surface area contributed by atoms with Gasteiger partial charge in [-0.05, 0) is 75.9 Å². The Bertz CT molecular complexity index is 1730. The van der Waals surface area contributed by atoms with Crippen LogP contribution in [-0.2, 0) is 10.0 Å². The average Bonchev–Trinajstić information content (AvgIpc) is 3.55. The van der Waals surface area contributed by atoms with Crippen molar-refractivity contribution in [2.75, 3.05) is 18.1 Å². The molecule has 0 bridgehead atoms. The van der Waals surface area contributed by atoms with Crippen LogP contribution in [0.15, 0.2) is 53.6 Å². The van der Waals surface area contributed by atoms with Crippen LogP contribution in [0.4, 0.5) is 19.0 Å². The number of alkyl halides is 3. The largest absolute Gasteiger partial charge is 0.476 e. The fourth-order valence-electron chi connectivity index (χ4n) is 5.34. The fraction of sp³-hybridized carbons (Fsp3) is 0.448. The van der Waals surface area contributed by atoms with E-state index in [0.717, 1.165) is 6.42 Å². The van der Waals surface area contributed by atoms with Gasteiger partial charge in [0.1, 0.15) is 17.8 Å². The molecule has 1 saturated heterocycles. The van der Waals surface area contributed by atoms with Crippen molar-refractivity contribution in [2.24, 2.45) is 5.41 Å². The summed E-state index contributed by atoms with van der Waals surface area (Å²) in [4.78, 5) is 19.9. The predicted octanol–water partition coefficient (Wildman–Crippen LogP) is 5.05. The summed E-state index contributed by atoms with van der Waals surface area (Å²) in [6.07, 6.45) is -1.50. The van der Waals surface area contributed by atoms with Gasteiger partial charge >= 0.3 is 6.18 Å². The molecule has 15 heteroatoms. The molecule has 234 valence electrons. The molecule has 2 aromatic heterocycles. The van der Waals surface area contributed by atoms with Gasteiger partial charge in [-0.15, -0.1) is 5.10 Å². The number of hydrogen-bond donors (Lipinski definition) is 2. The molecule has 1 aromatic carbocycles. The van der Waals surface area contributed by atoms with E-state index in [4.69, 9.17) is 27.6 Å². The van der Waals surface area contributed by atoms with E-state index in [1.54, 1.807) is 0 Å². The van der Waals surface area contributed by atoms with Crippen molar-refractivity contribution >= 4 is 34.4 Å². The van der Waals surface area contributed by atoms with Crippen LogP contribution >= 0.6 is 12.6 Å². The lowest BCUT2D eigenvalue weighted by atomic mass is 9.94. The summed E-state index contributed by atoms with van der Waals surface area (Å²) >= 11 is 4.89. The molecule has 5 rings (SSSR count). The third-order valence-corrected chi connectivity index (χ3v) is 10.2. The SMILES string of the molecule is CC[C@]1(S)CN(c2nc(-n3ccc(OCC4(C(F)(F)F)CC4)n3)ccc2C(=O)NS(=O)(=O)c2ccc(C#N)cc2)C(C)(C)C1. The fourth-order valence-corrected chi connectivity index (χ4v) is 6.84. The van der Waals surface area contributed by atoms with Crippen molar-refractivity contribution in [1.29, 1.82) is 5.26 Å². The predicted molar refractivity (Wildman–Crippen MR) is 158 cm³/mol. The number of anilines is 1. The number of hydrogen-bond acceptors (Lipinski definition) is 9. The minimum Gasteiger partial charge on any atom is -0.476 e. The number of rotatable bonds is 9. The van der Waals surface area contributed by atoms with Gasteiger partial charge in [-0.2, -0.15) is 31.1 Å². The first kappa shape index (κ1) is 31.6. The number of nitriles is 1. The highest BCUT2D eigenvalue weighted by atomic mass is 32.2. The quantitative estimate of drug-likeness (QED) is 0.309. The number of ether oxygens (including phenoxy) is 1. The number of sulfonamides is 1. The first-order chi connectivity index (χ1) is 20.5. The zero-order valence-corrected chi connectivity index (χ0v) is 25.9. The van der Waals surface area contributed by atoms with Crippen LogP contribution in [0.25, 0.3) is 5.82 Å². The third kappa shape index (κ3) is 6.10. The normalized spacial score (nSPS) is 20.6. The second-order valence-electron chi connectivity index (χ2n) is 11.9. The maximum atomic E-state index is 13.5. The molecule has 2 aliphatic rings. The third-order valence-electron chi connectivity index (χ3n) is 8.23. The molecule has 0 unspecified atom stereocenters. The number of pyridine rings is 1. The van der Waals surface area contributed by atoms with Gasteiger partial charge in [0.25, 0.3) is 15.9 Å². The van der Waals surface area contributed by atoms with E-state index >= 15 is 0 Å². The summed E-state index contributed by atoms with van der Waals surface area (Å²) in [5, 5.41) is 13.3. The van der Waals surface area contributed by atoms with E-state index in [1.807, 2.05) is 31.7 Å². The Kier molecular flexibility index (Phi) is 7.90. The number of halogens is 3. The zero-order valence-electron chi connectivity index (χ0n) is 24.2. The van der Waals surface area contributed by atoms with Crippen LogP contribution in [-0.4, -0.2) is 58.7 Å². The highest BCUT2D eigenvalue weighted by Crippen LogP contribution is 2.57. The molecule has 1 aliphatic heterocycles. The molecule has 1 aliphatic carbocycles. The second-order valence-corrected chi connectivity index (χ2v) is 14.6. The van der Waals surface area contributed by atoms with Gasteiger partial charge < -0.3 is 9.64 Å². The lowest BCUT2D eigenvalue weighted by Crippen LogP contribution is -2.41. The molecule has 44 heavy (non-hydrogen) atoms. The number of benzene rings is 1. The molecular formula is C29H31F3N6O4S2. The number of aromatic nitrogens is 3. The van der Waals surface area contributed by atoms with Crippen LogP contribution in [0.2, 0.25) is 0 Å². The molecule has 3 heterocycles. The topological polar surface area (TPSA) is 130 Å². The average molecular weight is 649 g/mol. The van der Waals surface area contributed by atoms with Gasteiger partial charge in [0.05, 0.1) is 22.1 Å². The summed E-state index contributed by atoms with van der Waals surface area (Å²) in [7, 11) is -4.30. The van der Waals surface area contributed by atoms with Crippen LogP contribution in [0.3, 0.4) is 0 Å². The van der Waals surface area contributed by atoms with E-state index < -0.39 is 44.4 Å². The van der Waals surface area contributed by atoms with Gasteiger partial charge in [-0.25, -0.2) is 22.8 Å². The summed E-state index contributed by atoms with van der Waals surface area (Å²) in [5.74, 6) is -0.501. The number of nitrogens with one attached hydrogen (secondary N) is 1. The van der Waals surface area contributed by atoms with Crippen molar-refractivity contribution in [1.82, 2.24) is 19.5 Å². The number of carbonyl (C=O) groups excluding carboxylic acids is 1. The van der Waals surface area contributed by atoms with Gasteiger partial charge in [0.15, 0.2) is 5.82 Å². The molecule has 10 nitrogen and oxygen atoms in total. The standard InChI is InChI=1S/C29H31F3N6O4S2/c1-4-28(43)16-26(2,3)37(17-28)24-21(25(39)36-44(40,41)20-7-5-19(15-33)6-8-20)9-10-22(34-24)38-14-11-23(35-38)42-18-27(12-13-27)29(30,31)32/h5-11,14,43H,4,12-13,16-18H2,1-3H3,(H,36,39)/t28-/m1/s1. The van der Waals surface area contributed by atoms with E-state index in [1.165, 1.54) is 53.3 Å². The highest BCUT2D eigenvalue weighted by Gasteiger charge is 2.64. The first-order valence-electron chi connectivity index (χ1n) is 13.9. The Hall–Kier alpha value is -3.77. The van der Waals surface area contributed by atoms with E-state index in [0.29, 0.717) is 13.0 Å². The molecular weight excluding hydrogens is 617 g/mol. The van der Waals surface area contributed by atoms with Crippen molar-refractivity contribution in [3.05, 3.63) is 59.8 Å². The van der Waals surface area contributed by atoms with Crippen LogP contribution in [0.5, 0.6) is 5.88 Å². The molecule has 3 aromatic rings. The molecule has 0 radical (unpaired) electrons. The van der Waals surface area contributed by atoms with Crippen LogP contribution < -0.4 is 14.4 Å². The summed E-state index contributed by atoms with van der Waals surface area (Å²) in [6.45, 7) is 5.81. The van der Waals surface area contributed by atoms with Crippen molar-refractivity contribution < 1.29 is 31.1 Å².